The molecule has 0 spiro atoms. The minimum Gasteiger partial charge on any atom is -0.334 e. The Morgan fingerprint density at radius 1 is 1.06 bits per heavy atom. The van der Waals surface area contributed by atoms with Crippen molar-refractivity contribution in [2.45, 2.75) is 6.67 Å². The summed E-state index contributed by atoms with van der Waals surface area (Å²) < 4.78 is 2.25. The van der Waals surface area contributed by atoms with E-state index in [1.165, 1.54) is 10.9 Å². The number of benzene rings is 1. The van der Waals surface area contributed by atoms with Gasteiger partial charge in [0.2, 0.25) is 0 Å². The average Bonchev–Trinajstić information content (AvgIpc) is 2.74. The van der Waals surface area contributed by atoms with Crippen LogP contribution in [0.3, 0.4) is 0 Å². The molecule has 2 rings (SSSR count). The second-order valence-electron chi connectivity index (χ2n) is 4.10. The number of fused-ring (bicyclic) bond motifs is 1. The summed E-state index contributed by atoms with van der Waals surface area (Å²) in [4.78, 5) is 2.28. The topological polar surface area (TPSA) is 8.17 Å². The Hall–Kier alpha value is -1.80. The summed E-state index contributed by atoms with van der Waals surface area (Å²) >= 11 is 0. The zero-order valence-electron chi connectivity index (χ0n) is 10.0. The van der Waals surface area contributed by atoms with E-state index in [2.05, 4.69) is 59.2 Å². The van der Waals surface area contributed by atoms with Crippen molar-refractivity contribution >= 4 is 10.9 Å². The smallest absolute Gasteiger partial charge is 0.0756 e. The van der Waals surface area contributed by atoms with Crippen LogP contribution in [0.5, 0.6) is 0 Å². The lowest BCUT2D eigenvalue weighted by Gasteiger charge is -2.20. The fraction of sp³-hybridized carbons (Fsp3) is 0.200. The van der Waals surface area contributed by atoms with Crippen LogP contribution in [0.15, 0.2) is 61.8 Å². The summed E-state index contributed by atoms with van der Waals surface area (Å²) in [6, 6.07) is 10.6. The van der Waals surface area contributed by atoms with Gasteiger partial charge in [0, 0.05) is 24.8 Å². The maximum absolute atomic E-state index is 3.79. The van der Waals surface area contributed by atoms with Crippen molar-refractivity contribution in [1.82, 2.24) is 9.47 Å². The predicted octanol–water partition coefficient (Wildman–Crippen LogP) is 3.27. The molecule has 2 nitrogen and oxygen atoms in total. The van der Waals surface area contributed by atoms with E-state index in [4.69, 9.17) is 0 Å². The molecule has 88 valence electrons. The molecule has 1 aromatic carbocycles. The van der Waals surface area contributed by atoms with E-state index < -0.39 is 0 Å². The highest BCUT2D eigenvalue weighted by Crippen LogP contribution is 2.15. The lowest BCUT2D eigenvalue weighted by Crippen LogP contribution is -2.26. The average molecular weight is 226 g/mol. The van der Waals surface area contributed by atoms with Crippen molar-refractivity contribution in [3.63, 3.8) is 0 Å². The van der Waals surface area contributed by atoms with Crippen molar-refractivity contribution in [2.75, 3.05) is 13.1 Å². The second kappa shape index (κ2) is 5.51. The van der Waals surface area contributed by atoms with Crippen LogP contribution in [0.25, 0.3) is 10.9 Å². The summed E-state index contributed by atoms with van der Waals surface area (Å²) in [5, 5.41) is 1.28. The Morgan fingerprint density at radius 2 is 1.76 bits per heavy atom. The number of aromatic nitrogens is 1. The molecule has 0 fully saturated rings. The Bertz CT molecular complexity index is 500. The molecule has 0 atom stereocenters. The zero-order chi connectivity index (χ0) is 12.1. The summed E-state index contributed by atoms with van der Waals surface area (Å²) in [5.74, 6) is 0. The SMILES string of the molecule is C=CCN(CC=C)Cn1ccc2ccccc21. The van der Waals surface area contributed by atoms with Crippen molar-refractivity contribution in [1.29, 1.82) is 0 Å². The number of nitrogens with zero attached hydrogens (tertiary/aromatic N) is 2. The van der Waals surface area contributed by atoms with E-state index >= 15 is 0 Å². The molecular weight excluding hydrogens is 208 g/mol. The summed E-state index contributed by atoms with van der Waals surface area (Å²) in [6.45, 7) is 10.2. The van der Waals surface area contributed by atoms with Crippen LogP contribution in [0.2, 0.25) is 0 Å². The Morgan fingerprint density at radius 3 is 2.47 bits per heavy atom. The highest BCUT2D eigenvalue weighted by Gasteiger charge is 2.04. The molecule has 0 saturated heterocycles. The molecule has 0 aliphatic heterocycles. The third kappa shape index (κ3) is 2.66. The van der Waals surface area contributed by atoms with Gasteiger partial charge in [0.25, 0.3) is 0 Å². The summed E-state index contributed by atoms with van der Waals surface area (Å²) in [5.41, 5.74) is 1.27. The summed E-state index contributed by atoms with van der Waals surface area (Å²) in [6.07, 6.45) is 5.98. The van der Waals surface area contributed by atoms with E-state index in [9.17, 15) is 0 Å². The molecule has 2 aromatic rings. The van der Waals surface area contributed by atoms with Gasteiger partial charge in [-0.1, -0.05) is 30.4 Å². The minimum absolute atomic E-state index is 0.867. The molecule has 0 N–H and O–H groups in total. The molecule has 0 bridgehead atoms. The number of rotatable bonds is 6. The number of para-hydroxylation sites is 1. The molecule has 0 amide bonds. The standard InChI is InChI=1S/C15H18N2/c1-3-10-16(11-4-2)13-17-12-9-14-7-5-6-8-15(14)17/h3-9,12H,1-2,10-11,13H2. The van der Waals surface area contributed by atoms with E-state index in [1.807, 2.05) is 12.2 Å². The Labute approximate surface area is 102 Å². The van der Waals surface area contributed by atoms with Crippen molar-refractivity contribution in [3.8, 4) is 0 Å². The molecule has 1 aromatic heterocycles. The Balaban J connectivity index is 2.21. The molecule has 17 heavy (non-hydrogen) atoms. The highest BCUT2D eigenvalue weighted by atomic mass is 15.2. The zero-order valence-corrected chi connectivity index (χ0v) is 10.0. The van der Waals surface area contributed by atoms with Crippen LogP contribution < -0.4 is 0 Å². The first-order valence-electron chi connectivity index (χ1n) is 5.83. The first-order valence-corrected chi connectivity index (χ1v) is 5.83. The van der Waals surface area contributed by atoms with Crippen LogP contribution in [0.4, 0.5) is 0 Å². The quantitative estimate of drug-likeness (QED) is 0.686. The van der Waals surface area contributed by atoms with Gasteiger partial charge in [-0.2, -0.15) is 0 Å². The lowest BCUT2D eigenvalue weighted by molar-refractivity contribution is 0.272. The minimum atomic E-state index is 0.867. The van der Waals surface area contributed by atoms with E-state index in [-0.39, 0.29) is 0 Å². The normalized spacial score (nSPS) is 10.9. The fourth-order valence-electron chi connectivity index (χ4n) is 2.03. The third-order valence-electron chi connectivity index (χ3n) is 2.81. The molecular formula is C15H18N2. The molecule has 2 heteroatoms. The van der Waals surface area contributed by atoms with Crippen molar-refractivity contribution < 1.29 is 0 Å². The van der Waals surface area contributed by atoms with Crippen molar-refractivity contribution in [3.05, 3.63) is 61.8 Å². The van der Waals surface area contributed by atoms with Gasteiger partial charge >= 0.3 is 0 Å². The Kier molecular flexibility index (Phi) is 3.78. The molecule has 0 aliphatic carbocycles. The largest absolute Gasteiger partial charge is 0.334 e. The fourth-order valence-corrected chi connectivity index (χ4v) is 2.03. The summed E-state index contributed by atoms with van der Waals surface area (Å²) in [7, 11) is 0. The van der Waals surface area contributed by atoms with Gasteiger partial charge in [0.1, 0.15) is 0 Å². The van der Waals surface area contributed by atoms with Gasteiger partial charge in [-0.15, -0.1) is 13.2 Å². The van der Waals surface area contributed by atoms with E-state index in [0.29, 0.717) is 0 Å². The van der Waals surface area contributed by atoms with Crippen molar-refractivity contribution in [2.24, 2.45) is 0 Å². The first kappa shape index (κ1) is 11.7. The molecule has 0 unspecified atom stereocenters. The third-order valence-corrected chi connectivity index (χ3v) is 2.81. The lowest BCUT2D eigenvalue weighted by atomic mass is 10.2. The van der Waals surface area contributed by atoms with E-state index in [0.717, 1.165) is 19.8 Å². The molecule has 0 saturated carbocycles. The van der Waals surface area contributed by atoms with Gasteiger partial charge in [0.05, 0.1) is 6.67 Å². The van der Waals surface area contributed by atoms with Gasteiger partial charge in [-0.3, -0.25) is 4.90 Å². The molecule has 1 heterocycles. The number of hydrogen-bond acceptors (Lipinski definition) is 1. The van der Waals surface area contributed by atoms with Crippen LogP contribution >= 0.6 is 0 Å². The van der Waals surface area contributed by atoms with Crippen LogP contribution in [0.1, 0.15) is 0 Å². The van der Waals surface area contributed by atoms with Crippen LogP contribution in [-0.2, 0) is 6.67 Å². The second-order valence-corrected chi connectivity index (χ2v) is 4.10. The first-order chi connectivity index (χ1) is 8.35. The van der Waals surface area contributed by atoms with Crippen LogP contribution in [-0.4, -0.2) is 22.6 Å². The maximum atomic E-state index is 3.79. The van der Waals surface area contributed by atoms with E-state index in [1.54, 1.807) is 0 Å². The molecule has 0 aliphatic rings. The number of hydrogen-bond donors (Lipinski definition) is 0. The van der Waals surface area contributed by atoms with Gasteiger partial charge in [-0.25, -0.2) is 0 Å². The molecule has 0 radical (unpaired) electrons. The van der Waals surface area contributed by atoms with Crippen LogP contribution in [0, 0.1) is 0 Å². The van der Waals surface area contributed by atoms with Gasteiger partial charge in [-0.05, 0) is 17.5 Å². The van der Waals surface area contributed by atoms with Gasteiger partial charge in [0.15, 0.2) is 0 Å². The monoisotopic (exact) mass is 226 g/mol. The highest BCUT2D eigenvalue weighted by molar-refractivity contribution is 5.79. The maximum Gasteiger partial charge on any atom is 0.0756 e. The predicted molar refractivity (Wildman–Crippen MR) is 73.9 cm³/mol. The van der Waals surface area contributed by atoms with Gasteiger partial charge < -0.3 is 4.57 Å².